The number of para-hydroxylation sites is 1. The molecule has 0 aliphatic carbocycles. The van der Waals surface area contributed by atoms with Crippen molar-refractivity contribution in [3.63, 3.8) is 0 Å². The average molecular weight is 415 g/mol. The number of aromatic nitrogens is 1. The molecule has 3 rings (SSSR count). The maximum absolute atomic E-state index is 14.9. The number of fused-ring (bicyclic) bond motifs is 1. The van der Waals surface area contributed by atoms with Crippen molar-refractivity contribution in [2.45, 2.75) is 13.5 Å². The number of carboxylic acids is 2. The van der Waals surface area contributed by atoms with Crippen LogP contribution in [0.5, 0.6) is 0 Å². The Kier molecular flexibility index (Phi) is 5.20. The summed E-state index contributed by atoms with van der Waals surface area (Å²) in [5.74, 6) is -4.10. The summed E-state index contributed by atoms with van der Waals surface area (Å²) in [6.45, 7) is 1.62. The van der Waals surface area contributed by atoms with Crippen LogP contribution in [0.3, 0.4) is 0 Å². The van der Waals surface area contributed by atoms with E-state index >= 15 is 0 Å². The smallest absolute Gasteiger partial charge is 0.341 e. The molecule has 0 bridgehead atoms. The highest BCUT2D eigenvalue weighted by molar-refractivity contribution is 6.01. The molecule has 30 heavy (non-hydrogen) atoms. The van der Waals surface area contributed by atoms with Gasteiger partial charge in [0.2, 0.25) is 5.43 Å². The van der Waals surface area contributed by atoms with E-state index in [1.165, 1.54) is 24.3 Å². The number of carboxylic acid groups (broad SMARTS) is 2. The Bertz CT molecular complexity index is 1280. The molecule has 0 saturated heterocycles. The minimum Gasteiger partial charge on any atom is -0.478 e. The van der Waals surface area contributed by atoms with Crippen molar-refractivity contribution in [2.75, 3.05) is 5.32 Å². The van der Waals surface area contributed by atoms with Gasteiger partial charge >= 0.3 is 17.6 Å². The van der Waals surface area contributed by atoms with Crippen LogP contribution in [0.15, 0.2) is 41.3 Å². The number of pyridine rings is 1. The van der Waals surface area contributed by atoms with Crippen LogP contribution < -0.4 is 10.7 Å². The van der Waals surface area contributed by atoms with Crippen molar-refractivity contribution >= 4 is 39.9 Å². The van der Waals surface area contributed by atoms with E-state index < -0.39 is 50.4 Å². The van der Waals surface area contributed by atoms with Crippen LogP contribution in [0.1, 0.15) is 27.6 Å². The van der Waals surface area contributed by atoms with E-state index in [1.54, 1.807) is 6.92 Å². The van der Waals surface area contributed by atoms with Crippen molar-refractivity contribution in [3.8, 4) is 0 Å². The van der Waals surface area contributed by atoms with Crippen LogP contribution in [0.4, 0.5) is 21.5 Å². The first kappa shape index (κ1) is 20.5. The molecule has 1 heterocycles. The van der Waals surface area contributed by atoms with E-state index in [1.807, 2.05) is 0 Å². The summed E-state index contributed by atoms with van der Waals surface area (Å²) in [5, 5.41) is 32.3. The zero-order chi connectivity index (χ0) is 22.2. The van der Waals surface area contributed by atoms with E-state index in [2.05, 4.69) is 5.32 Å². The number of rotatable bonds is 6. The number of carbonyl (C=O) groups is 2. The van der Waals surface area contributed by atoms with Gasteiger partial charge in [-0.2, -0.15) is 0 Å². The predicted octanol–water partition coefficient (Wildman–Crippen LogP) is 3.21. The van der Waals surface area contributed by atoms with Crippen molar-refractivity contribution in [3.05, 3.63) is 73.8 Å². The van der Waals surface area contributed by atoms with Crippen LogP contribution >= 0.6 is 0 Å². The molecule has 0 amide bonds. The molecule has 3 N–H and O–H groups in total. The lowest BCUT2D eigenvalue weighted by molar-refractivity contribution is -0.382. The molecule has 0 radical (unpaired) electrons. The van der Waals surface area contributed by atoms with E-state index in [4.69, 9.17) is 0 Å². The van der Waals surface area contributed by atoms with Gasteiger partial charge in [-0.25, -0.2) is 14.0 Å². The Morgan fingerprint density at radius 2 is 1.83 bits per heavy atom. The maximum Gasteiger partial charge on any atom is 0.341 e. The normalized spacial score (nSPS) is 10.7. The number of benzene rings is 2. The van der Waals surface area contributed by atoms with E-state index in [-0.39, 0.29) is 23.3 Å². The lowest BCUT2D eigenvalue weighted by atomic mass is 10.1. The molecule has 3 aromatic rings. The zero-order valence-electron chi connectivity index (χ0n) is 15.4. The third kappa shape index (κ3) is 3.32. The fourth-order valence-electron chi connectivity index (χ4n) is 3.13. The lowest BCUT2D eigenvalue weighted by Gasteiger charge is -2.15. The number of halogens is 1. The molecule has 1 aromatic heterocycles. The number of hydrogen-bond donors (Lipinski definition) is 3. The molecule has 2 aromatic carbocycles. The van der Waals surface area contributed by atoms with Gasteiger partial charge in [-0.1, -0.05) is 12.1 Å². The minimum absolute atomic E-state index is 0.0503. The molecule has 0 aliphatic heterocycles. The number of nitrogens with one attached hydrogen (secondary N) is 1. The fraction of sp³-hybridized carbons (Fsp3) is 0.105. The second kappa shape index (κ2) is 7.62. The van der Waals surface area contributed by atoms with Crippen LogP contribution in [0.25, 0.3) is 10.9 Å². The molecule has 0 aliphatic rings. The second-order valence-electron chi connectivity index (χ2n) is 6.17. The number of anilines is 2. The van der Waals surface area contributed by atoms with Crippen molar-refractivity contribution in [1.29, 1.82) is 0 Å². The topological polar surface area (TPSA) is 152 Å². The summed E-state index contributed by atoms with van der Waals surface area (Å²) >= 11 is 0. The molecular formula is C19H14FN3O7. The molecule has 154 valence electrons. The van der Waals surface area contributed by atoms with Crippen molar-refractivity contribution in [1.82, 2.24) is 4.57 Å². The lowest BCUT2D eigenvalue weighted by Crippen LogP contribution is -2.20. The Morgan fingerprint density at radius 3 is 2.40 bits per heavy atom. The Morgan fingerprint density at radius 1 is 1.20 bits per heavy atom. The van der Waals surface area contributed by atoms with Gasteiger partial charge in [-0.05, 0) is 25.1 Å². The molecule has 0 atom stereocenters. The summed E-state index contributed by atoms with van der Waals surface area (Å²) in [4.78, 5) is 46.2. The molecule has 0 fully saturated rings. The summed E-state index contributed by atoms with van der Waals surface area (Å²) in [6, 6.07) is 6.13. The molecule has 0 saturated carbocycles. The third-order valence-electron chi connectivity index (χ3n) is 4.46. The van der Waals surface area contributed by atoms with E-state index in [0.29, 0.717) is 6.07 Å². The highest BCUT2D eigenvalue weighted by Crippen LogP contribution is 2.37. The van der Waals surface area contributed by atoms with Gasteiger partial charge in [-0.3, -0.25) is 14.9 Å². The first-order valence-electron chi connectivity index (χ1n) is 8.54. The van der Waals surface area contributed by atoms with E-state index in [9.17, 15) is 39.1 Å². The Hall–Kier alpha value is -4.28. The molecule has 0 spiro atoms. The second-order valence-corrected chi connectivity index (χ2v) is 6.17. The summed E-state index contributed by atoms with van der Waals surface area (Å²) in [7, 11) is 0. The highest BCUT2D eigenvalue weighted by atomic mass is 19.1. The Balaban J connectivity index is 2.41. The summed E-state index contributed by atoms with van der Waals surface area (Å²) in [5.41, 5.74) is -3.82. The number of aryl methyl sites for hydroxylation is 1. The standard InChI is InChI=1S/C19H14FN3O7/c1-2-22-8-11(19(27)28)17(24)10-7-12(20)14(16(15(10)22)23(29)30)21-13-6-4-3-5-9(13)18(25)26/h3-8,21H,2H2,1H3,(H,25,26)(H,27,28). The van der Waals surface area contributed by atoms with E-state index in [0.717, 1.165) is 10.8 Å². The van der Waals surface area contributed by atoms with Crippen molar-refractivity contribution < 1.29 is 29.1 Å². The largest absolute Gasteiger partial charge is 0.478 e. The first-order chi connectivity index (χ1) is 14.2. The highest BCUT2D eigenvalue weighted by Gasteiger charge is 2.29. The number of aromatic carboxylic acids is 2. The van der Waals surface area contributed by atoms with Gasteiger partial charge in [0.1, 0.15) is 11.1 Å². The number of nitrogens with zero attached hydrogens (tertiary/aromatic N) is 2. The van der Waals surface area contributed by atoms with Crippen molar-refractivity contribution in [2.24, 2.45) is 0 Å². The average Bonchev–Trinajstić information content (AvgIpc) is 2.69. The van der Waals surface area contributed by atoms with Gasteiger partial charge in [0.25, 0.3) is 0 Å². The third-order valence-corrected chi connectivity index (χ3v) is 4.46. The SMILES string of the molecule is CCn1cc(C(=O)O)c(=O)c2cc(F)c(Nc3ccccc3C(=O)O)c([N+](=O)[O-])c21. The fourth-order valence-corrected chi connectivity index (χ4v) is 3.13. The first-order valence-corrected chi connectivity index (χ1v) is 8.54. The van der Waals surface area contributed by atoms with Crippen LogP contribution in [-0.2, 0) is 6.54 Å². The number of nitro benzene ring substituents is 1. The van der Waals surface area contributed by atoms with Gasteiger partial charge in [-0.15, -0.1) is 0 Å². The zero-order valence-corrected chi connectivity index (χ0v) is 15.4. The van der Waals surface area contributed by atoms with Crippen LogP contribution in [0, 0.1) is 15.9 Å². The summed E-state index contributed by atoms with van der Waals surface area (Å²) in [6.07, 6.45) is 0.951. The number of hydrogen-bond acceptors (Lipinski definition) is 6. The monoisotopic (exact) mass is 415 g/mol. The van der Waals surface area contributed by atoms with Crippen LogP contribution in [-0.4, -0.2) is 31.6 Å². The minimum atomic E-state index is -1.55. The molecule has 0 unspecified atom stereocenters. The van der Waals surface area contributed by atoms with Gasteiger partial charge in [0, 0.05) is 12.7 Å². The van der Waals surface area contributed by atoms with Crippen LogP contribution in [0.2, 0.25) is 0 Å². The van der Waals surface area contributed by atoms with Gasteiger partial charge in [0.05, 0.1) is 21.6 Å². The molecule has 10 nitrogen and oxygen atoms in total. The van der Waals surface area contributed by atoms with Gasteiger partial charge in [0.15, 0.2) is 11.5 Å². The Labute approximate surface area is 167 Å². The molecule has 11 heteroatoms. The quantitative estimate of drug-likeness (QED) is 0.410. The number of nitro groups is 1. The molecular weight excluding hydrogens is 401 g/mol. The van der Waals surface area contributed by atoms with Gasteiger partial charge < -0.3 is 20.1 Å². The predicted molar refractivity (Wildman–Crippen MR) is 104 cm³/mol. The summed E-state index contributed by atoms with van der Waals surface area (Å²) < 4.78 is 16.1. The maximum atomic E-state index is 14.9.